The lowest BCUT2D eigenvalue weighted by atomic mass is 10.1. The summed E-state index contributed by atoms with van der Waals surface area (Å²) >= 11 is 3.29. The maximum Gasteiger partial charge on any atom is 0.224 e. The lowest BCUT2D eigenvalue weighted by molar-refractivity contribution is -0.116. The third-order valence-corrected chi connectivity index (χ3v) is 3.15. The first-order valence-corrected chi connectivity index (χ1v) is 6.49. The molecule has 0 radical (unpaired) electrons. The van der Waals surface area contributed by atoms with Crippen molar-refractivity contribution in [1.29, 1.82) is 0 Å². The van der Waals surface area contributed by atoms with E-state index >= 15 is 0 Å². The van der Waals surface area contributed by atoms with Gasteiger partial charge < -0.3 is 5.32 Å². The molecule has 0 saturated carbocycles. The van der Waals surface area contributed by atoms with Crippen LogP contribution in [0.15, 0.2) is 53.3 Å². The number of hydrogen-bond acceptors (Lipinski definition) is 2. The predicted octanol–water partition coefficient (Wildman–Crippen LogP) is 3.42. The Balaban J connectivity index is 1.88. The molecule has 2 rings (SSSR count). The monoisotopic (exact) mass is 304 g/mol. The summed E-state index contributed by atoms with van der Waals surface area (Å²) in [5, 5.41) is 2.83. The van der Waals surface area contributed by atoms with Crippen LogP contribution in [0.4, 0.5) is 5.69 Å². The number of nitrogens with one attached hydrogen (secondary N) is 1. The number of amides is 1. The van der Waals surface area contributed by atoms with Gasteiger partial charge in [-0.25, -0.2) is 4.98 Å². The number of carbonyl (C=O) groups excluding carboxylic acids is 1. The minimum Gasteiger partial charge on any atom is -0.324 e. The molecule has 0 saturated heterocycles. The second-order valence-electron chi connectivity index (χ2n) is 3.88. The summed E-state index contributed by atoms with van der Waals surface area (Å²) in [6, 6.07) is 13.6. The van der Waals surface area contributed by atoms with Gasteiger partial charge in [0.05, 0.1) is 5.69 Å². The first-order chi connectivity index (χ1) is 8.75. The molecule has 0 unspecified atom stereocenters. The van der Waals surface area contributed by atoms with Crippen molar-refractivity contribution < 1.29 is 4.79 Å². The number of halogens is 1. The molecule has 0 fully saturated rings. The molecule has 0 bridgehead atoms. The third kappa shape index (κ3) is 3.67. The number of rotatable bonds is 4. The van der Waals surface area contributed by atoms with Gasteiger partial charge in [0.1, 0.15) is 4.60 Å². The first kappa shape index (κ1) is 12.8. The molecule has 0 aliphatic carbocycles. The highest BCUT2D eigenvalue weighted by Gasteiger charge is 2.05. The van der Waals surface area contributed by atoms with Crippen LogP contribution in [0, 0.1) is 0 Å². The average Bonchev–Trinajstić information content (AvgIpc) is 2.40. The highest BCUT2D eigenvalue weighted by atomic mass is 79.9. The number of aryl methyl sites for hydroxylation is 1. The average molecular weight is 305 g/mol. The fourth-order valence-corrected chi connectivity index (χ4v) is 1.94. The molecule has 0 spiro atoms. The van der Waals surface area contributed by atoms with Crippen molar-refractivity contribution in [3.8, 4) is 0 Å². The van der Waals surface area contributed by atoms with Crippen LogP contribution in [0.1, 0.15) is 12.0 Å². The Bertz CT molecular complexity index is 528. The van der Waals surface area contributed by atoms with E-state index in [0.29, 0.717) is 16.7 Å². The fraction of sp³-hybridized carbons (Fsp3) is 0.143. The number of hydrogen-bond donors (Lipinski definition) is 1. The molecule has 2 aromatic rings. The summed E-state index contributed by atoms with van der Waals surface area (Å²) in [5.74, 6) is -0.00690. The number of pyridine rings is 1. The molecule has 1 aromatic carbocycles. The Morgan fingerprint density at radius 1 is 1.17 bits per heavy atom. The van der Waals surface area contributed by atoms with Gasteiger partial charge in [0, 0.05) is 12.6 Å². The van der Waals surface area contributed by atoms with Crippen molar-refractivity contribution in [2.75, 3.05) is 5.32 Å². The number of anilines is 1. The van der Waals surface area contributed by atoms with E-state index in [0.717, 1.165) is 12.0 Å². The SMILES string of the molecule is O=C(CCc1ccccc1)Nc1cccnc1Br. The Labute approximate surface area is 114 Å². The molecular formula is C14H13BrN2O. The van der Waals surface area contributed by atoms with Gasteiger partial charge in [-0.15, -0.1) is 0 Å². The number of nitrogens with zero attached hydrogens (tertiary/aromatic N) is 1. The molecule has 3 nitrogen and oxygen atoms in total. The van der Waals surface area contributed by atoms with Gasteiger partial charge in [-0.2, -0.15) is 0 Å². The zero-order chi connectivity index (χ0) is 12.8. The summed E-state index contributed by atoms with van der Waals surface area (Å²) in [7, 11) is 0. The summed E-state index contributed by atoms with van der Waals surface area (Å²) in [5.41, 5.74) is 1.87. The van der Waals surface area contributed by atoms with Gasteiger partial charge in [-0.05, 0) is 40.0 Å². The van der Waals surface area contributed by atoms with Crippen LogP contribution >= 0.6 is 15.9 Å². The van der Waals surface area contributed by atoms with Gasteiger partial charge in [0.2, 0.25) is 5.91 Å². The van der Waals surface area contributed by atoms with E-state index in [1.54, 1.807) is 12.3 Å². The van der Waals surface area contributed by atoms with Crippen molar-refractivity contribution in [3.05, 3.63) is 58.8 Å². The zero-order valence-electron chi connectivity index (χ0n) is 9.77. The van der Waals surface area contributed by atoms with Crippen LogP contribution in [-0.4, -0.2) is 10.9 Å². The topological polar surface area (TPSA) is 42.0 Å². The van der Waals surface area contributed by atoms with Crippen molar-refractivity contribution >= 4 is 27.5 Å². The summed E-state index contributed by atoms with van der Waals surface area (Å²) in [4.78, 5) is 15.8. The van der Waals surface area contributed by atoms with E-state index < -0.39 is 0 Å². The number of aromatic nitrogens is 1. The maximum absolute atomic E-state index is 11.8. The van der Waals surface area contributed by atoms with Gasteiger partial charge in [-0.3, -0.25) is 4.79 Å². The molecule has 0 atom stereocenters. The number of carbonyl (C=O) groups is 1. The normalized spacial score (nSPS) is 10.1. The largest absolute Gasteiger partial charge is 0.324 e. The Morgan fingerprint density at radius 2 is 1.94 bits per heavy atom. The van der Waals surface area contributed by atoms with Crippen molar-refractivity contribution in [3.63, 3.8) is 0 Å². The molecule has 0 aliphatic rings. The van der Waals surface area contributed by atoms with Crippen LogP contribution in [0.5, 0.6) is 0 Å². The van der Waals surface area contributed by atoms with E-state index in [4.69, 9.17) is 0 Å². The highest BCUT2D eigenvalue weighted by molar-refractivity contribution is 9.10. The minimum absolute atomic E-state index is 0.00690. The smallest absolute Gasteiger partial charge is 0.224 e. The van der Waals surface area contributed by atoms with Crippen molar-refractivity contribution in [2.24, 2.45) is 0 Å². The molecule has 1 N–H and O–H groups in total. The lowest BCUT2D eigenvalue weighted by Gasteiger charge is -2.06. The molecule has 18 heavy (non-hydrogen) atoms. The molecule has 92 valence electrons. The fourth-order valence-electron chi connectivity index (χ4n) is 1.59. The van der Waals surface area contributed by atoms with Gasteiger partial charge >= 0.3 is 0 Å². The minimum atomic E-state index is -0.00690. The molecule has 4 heteroatoms. The van der Waals surface area contributed by atoms with E-state index in [9.17, 15) is 4.79 Å². The standard InChI is InChI=1S/C14H13BrN2O/c15-14-12(7-4-10-16-14)17-13(18)9-8-11-5-2-1-3-6-11/h1-7,10H,8-9H2,(H,17,18). The molecule has 1 aromatic heterocycles. The van der Waals surface area contributed by atoms with E-state index in [1.807, 2.05) is 36.4 Å². The van der Waals surface area contributed by atoms with Crippen LogP contribution < -0.4 is 5.32 Å². The summed E-state index contributed by atoms with van der Waals surface area (Å²) in [6.07, 6.45) is 2.87. The van der Waals surface area contributed by atoms with E-state index in [1.165, 1.54) is 0 Å². The van der Waals surface area contributed by atoms with Crippen molar-refractivity contribution in [1.82, 2.24) is 4.98 Å². The summed E-state index contributed by atoms with van der Waals surface area (Å²) < 4.78 is 0.651. The highest BCUT2D eigenvalue weighted by Crippen LogP contribution is 2.18. The first-order valence-electron chi connectivity index (χ1n) is 5.70. The van der Waals surface area contributed by atoms with Crippen LogP contribution in [0.2, 0.25) is 0 Å². The van der Waals surface area contributed by atoms with E-state index in [-0.39, 0.29) is 5.91 Å². The number of benzene rings is 1. The molecule has 0 aliphatic heterocycles. The third-order valence-electron chi connectivity index (χ3n) is 2.52. The molecule has 1 amide bonds. The Morgan fingerprint density at radius 3 is 2.67 bits per heavy atom. The van der Waals surface area contributed by atoms with Crippen LogP contribution in [0.3, 0.4) is 0 Å². The lowest BCUT2D eigenvalue weighted by Crippen LogP contribution is -2.12. The van der Waals surface area contributed by atoms with Gasteiger partial charge in [0.15, 0.2) is 0 Å². The van der Waals surface area contributed by atoms with Crippen LogP contribution in [-0.2, 0) is 11.2 Å². The Kier molecular flexibility index (Phi) is 4.47. The maximum atomic E-state index is 11.8. The zero-order valence-corrected chi connectivity index (χ0v) is 11.4. The second kappa shape index (κ2) is 6.31. The quantitative estimate of drug-likeness (QED) is 0.880. The second-order valence-corrected chi connectivity index (χ2v) is 4.63. The molecule has 1 heterocycles. The molecular weight excluding hydrogens is 292 g/mol. The predicted molar refractivity (Wildman–Crippen MR) is 75.3 cm³/mol. The van der Waals surface area contributed by atoms with E-state index in [2.05, 4.69) is 26.2 Å². The van der Waals surface area contributed by atoms with Crippen molar-refractivity contribution in [2.45, 2.75) is 12.8 Å². The van der Waals surface area contributed by atoms with Gasteiger partial charge in [0.25, 0.3) is 0 Å². The van der Waals surface area contributed by atoms with Crippen LogP contribution in [0.25, 0.3) is 0 Å². The Hall–Kier alpha value is -1.68. The van der Waals surface area contributed by atoms with Gasteiger partial charge in [-0.1, -0.05) is 30.3 Å². The summed E-state index contributed by atoms with van der Waals surface area (Å²) in [6.45, 7) is 0.